The van der Waals surface area contributed by atoms with Crippen LogP contribution < -0.4 is 10.2 Å². The van der Waals surface area contributed by atoms with Gasteiger partial charge in [-0.3, -0.25) is 9.69 Å². The highest BCUT2D eigenvalue weighted by Crippen LogP contribution is 2.25. The largest absolute Gasteiger partial charge is 0.325 e. The standard InChI is InChI=1S/C17H15Cl2N3O2/c18-12-6-7-15(14(19)10-12)20-16(23)11-21-8-9-22(17(21)24)13-4-2-1-3-5-13/h1-7,10H,8-9,11H2,(H,20,23). The molecule has 7 heteroatoms. The molecule has 124 valence electrons. The van der Waals surface area contributed by atoms with E-state index in [-0.39, 0.29) is 18.5 Å². The monoisotopic (exact) mass is 363 g/mol. The molecular formula is C17H15Cl2N3O2. The van der Waals surface area contributed by atoms with Gasteiger partial charge in [-0.2, -0.15) is 0 Å². The Balaban J connectivity index is 1.62. The van der Waals surface area contributed by atoms with Gasteiger partial charge in [-0.25, -0.2) is 4.79 Å². The number of para-hydroxylation sites is 1. The van der Waals surface area contributed by atoms with E-state index in [2.05, 4.69) is 5.32 Å². The lowest BCUT2D eigenvalue weighted by molar-refractivity contribution is -0.116. The Labute approximate surface area is 149 Å². The Morgan fingerprint density at radius 3 is 2.54 bits per heavy atom. The van der Waals surface area contributed by atoms with Crippen molar-refractivity contribution in [2.45, 2.75) is 0 Å². The molecule has 1 heterocycles. The van der Waals surface area contributed by atoms with Gasteiger partial charge in [0.05, 0.1) is 10.7 Å². The summed E-state index contributed by atoms with van der Waals surface area (Å²) in [5, 5.41) is 3.55. The summed E-state index contributed by atoms with van der Waals surface area (Å²) in [5.74, 6) is -0.303. The zero-order chi connectivity index (χ0) is 17.1. The van der Waals surface area contributed by atoms with E-state index in [1.54, 1.807) is 23.1 Å². The molecule has 1 N–H and O–H groups in total. The number of anilines is 2. The summed E-state index contributed by atoms with van der Waals surface area (Å²) in [6, 6.07) is 14.0. The van der Waals surface area contributed by atoms with Gasteiger partial charge in [-0.1, -0.05) is 41.4 Å². The molecule has 0 radical (unpaired) electrons. The molecule has 0 atom stereocenters. The van der Waals surface area contributed by atoms with Crippen LogP contribution in [0.2, 0.25) is 10.0 Å². The van der Waals surface area contributed by atoms with Crippen molar-refractivity contribution in [2.75, 3.05) is 29.9 Å². The van der Waals surface area contributed by atoms with Crippen LogP contribution in [-0.4, -0.2) is 36.5 Å². The van der Waals surface area contributed by atoms with Crippen LogP contribution in [0.4, 0.5) is 16.2 Å². The second-order valence-corrected chi connectivity index (χ2v) is 6.21. The first-order chi connectivity index (χ1) is 11.5. The second kappa shape index (κ2) is 7.11. The Morgan fingerprint density at radius 1 is 1.08 bits per heavy atom. The lowest BCUT2D eigenvalue weighted by atomic mass is 10.3. The van der Waals surface area contributed by atoms with Gasteiger partial charge in [-0.05, 0) is 30.3 Å². The zero-order valence-corrected chi connectivity index (χ0v) is 14.2. The van der Waals surface area contributed by atoms with Gasteiger partial charge in [0, 0.05) is 23.8 Å². The highest BCUT2D eigenvalue weighted by molar-refractivity contribution is 6.36. The molecule has 0 saturated carbocycles. The number of rotatable bonds is 4. The van der Waals surface area contributed by atoms with Gasteiger partial charge in [0.15, 0.2) is 0 Å². The Kier molecular flexibility index (Phi) is 4.92. The lowest BCUT2D eigenvalue weighted by Gasteiger charge is -2.18. The Morgan fingerprint density at radius 2 is 1.83 bits per heavy atom. The van der Waals surface area contributed by atoms with E-state index in [1.165, 1.54) is 4.90 Å². The Hall–Kier alpha value is -2.24. The SMILES string of the molecule is O=C(CN1CCN(c2ccccc2)C1=O)Nc1ccc(Cl)cc1Cl. The molecule has 2 aromatic rings. The second-order valence-electron chi connectivity index (χ2n) is 5.36. The molecule has 1 saturated heterocycles. The molecule has 1 fully saturated rings. The van der Waals surface area contributed by atoms with E-state index in [1.807, 2.05) is 30.3 Å². The van der Waals surface area contributed by atoms with E-state index < -0.39 is 0 Å². The van der Waals surface area contributed by atoms with Crippen LogP contribution in [-0.2, 0) is 4.79 Å². The van der Waals surface area contributed by atoms with Gasteiger partial charge >= 0.3 is 6.03 Å². The van der Waals surface area contributed by atoms with E-state index in [4.69, 9.17) is 23.2 Å². The number of hydrogen-bond acceptors (Lipinski definition) is 2. The average Bonchev–Trinajstić information content (AvgIpc) is 2.92. The van der Waals surface area contributed by atoms with Crippen molar-refractivity contribution in [2.24, 2.45) is 0 Å². The molecule has 0 aromatic heterocycles. The minimum Gasteiger partial charge on any atom is -0.323 e. The highest BCUT2D eigenvalue weighted by atomic mass is 35.5. The third-order valence-corrected chi connectivity index (χ3v) is 4.25. The van der Waals surface area contributed by atoms with Crippen LogP contribution in [0.25, 0.3) is 0 Å². The number of nitrogens with zero attached hydrogens (tertiary/aromatic N) is 2. The van der Waals surface area contributed by atoms with Crippen LogP contribution in [0.1, 0.15) is 0 Å². The molecule has 1 aliphatic heterocycles. The van der Waals surface area contributed by atoms with Crippen molar-refractivity contribution in [1.82, 2.24) is 4.90 Å². The van der Waals surface area contributed by atoms with E-state index >= 15 is 0 Å². The minimum atomic E-state index is -0.303. The number of halogens is 2. The van der Waals surface area contributed by atoms with Crippen molar-refractivity contribution >= 4 is 46.5 Å². The topological polar surface area (TPSA) is 52.7 Å². The number of urea groups is 1. The fourth-order valence-corrected chi connectivity index (χ4v) is 2.99. The van der Waals surface area contributed by atoms with Crippen molar-refractivity contribution in [3.63, 3.8) is 0 Å². The van der Waals surface area contributed by atoms with Crippen LogP contribution in [0.5, 0.6) is 0 Å². The van der Waals surface area contributed by atoms with Gasteiger partial charge in [0.25, 0.3) is 0 Å². The molecule has 0 aliphatic carbocycles. The molecule has 2 aromatic carbocycles. The maximum absolute atomic E-state index is 12.4. The predicted molar refractivity (Wildman–Crippen MR) is 95.8 cm³/mol. The van der Waals surface area contributed by atoms with Crippen LogP contribution in [0.3, 0.4) is 0 Å². The summed E-state index contributed by atoms with van der Waals surface area (Å²) in [7, 11) is 0. The number of hydrogen-bond donors (Lipinski definition) is 1. The third-order valence-electron chi connectivity index (χ3n) is 3.70. The van der Waals surface area contributed by atoms with Crippen LogP contribution in [0.15, 0.2) is 48.5 Å². The number of nitrogens with one attached hydrogen (secondary N) is 1. The van der Waals surface area contributed by atoms with Crippen molar-refractivity contribution in [3.05, 3.63) is 58.6 Å². The smallest absolute Gasteiger partial charge is 0.323 e. The maximum Gasteiger partial charge on any atom is 0.325 e. The summed E-state index contributed by atoms with van der Waals surface area (Å²) in [5.41, 5.74) is 1.30. The van der Waals surface area contributed by atoms with Crippen LogP contribution >= 0.6 is 23.2 Å². The molecule has 3 amide bonds. The molecule has 0 bridgehead atoms. The zero-order valence-electron chi connectivity index (χ0n) is 12.7. The fraction of sp³-hybridized carbons (Fsp3) is 0.176. The summed E-state index contributed by atoms with van der Waals surface area (Å²) in [6.45, 7) is 1.02. The molecule has 0 unspecified atom stereocenters. The van der Waals surface area contributed by atoms with E-state index in [9.17, 15) is 9.59 Å². The third kappa shape index (κ3) is 3.63. The molecule has 24 heavy (non-hydrogen) atoms. The fourth-order valence-electron chi connectivity index (χ4n) is 2.53. The number of carbonyl (C=O) groups excluding carboxylic acids is 2. The first kappa shape index (κ1) is 16.6. The number of benzene rings is 2. The van der Waals surface area contributed by atoms with E-state index in [0.717, 1.165) is 5.69 Å². The summed E-state index contributed by atoms with van der Waals surface area (Å²) in [6.07, 6.45) is 0. The molecular weight excluding hydrogens is 349 g/mol. The van der Waals surface area contributed by atoms with Gasteiger partial charge in [-0.15, -0.1) is 0 Å². The summed E-state index contributed by atoms with van der Waals surface area (Å²) >= 11 is 11.9. The van der Waals surface area contributed by atoms with Crippen LogP contribution in [0, 0.1) is 0 Å². The average molecular weight is 364 g/mol. The van der Waals surface area contributed by atoms with Crippen molar-refractivity contribution in [3.8, 4) is 0 Å². The minimum absolute atomic E-state index is 0.0267. The molecule has 1 aliphatic rings. The number of amides is 3. The number of carbonyl (C=O) groups is 2. The normalized spacial score (nSPS) is 14.2. The molecule has 3 rings (SSSR count). The first-order valence-corrected chi connectivity index (χ1v) is 8.16. The summed E-state index contributed by atoms with van der Waals surface area (Å²) < 4.78 is 0. The quantitative estimate of drug-likeness (QED) is 0.895. The van der Waals surface area contributed by atoms with Gasteiger partial charge in [0.1, 0.15) is 6.54 Å². The molecule has 5 nitrogen and oxygen atoms in total. The highest BCUT2D eigenvalue weighted by Gasteiger charge is 2.30. The Bertz CT molecular complexity index is 768. The molecule has 0 spiro atoms. The van der Waals surface area contributed by atoms with Crippen molar-refractivity contribution in [1.29, 1.82) is 0 Å². The van der Waals surface area contributed by atoms with E-state index in [0.29, 0.717) is 28.8 Å². The lowest BCUT2D eigenvalue weighted by Crippen LogP contribution is -2.37. The van der Waals surface area contributed by atoms with Gasteiger partial charge < -0.3 is 10.2 Å². The maximum atomic E-state index is 12.4. The van der Waals surface area contributed by atoms with Gasteiger partial charge in [0.2, 0.25) is 5.91 Å². The van der Waals surface area contributed by atoms with Crippen molar-refractivity contribution < 1.29 is 9.59 Å². The summed E-state index contributed by atoms with van der Waals surface area (Å²) in [4.78, 5) is 27.8. The predicted octanol–water partition coefficient (Wildman–Crippen LogP) is 3.87. The first-order valence-electron chi connectivity index (χ1n) is 7.41.